The first-order chi connectivity index (χ1) is 4.20. The Labute approximate surface area is 55.3 Å². The van der Waals surface area contributed by atoms with Crippen molar-refractivity contribution >= 4 is 0 Å². The van der Waals surface area contributed by atoms with Crippen molar-refractivity contribution in [1.29, 1.82) is 0 Å². The van der Waals surface area contributed by atoms with E-state index in [1.54, 1.807) is 5.01 Å². The van der Waals surface area contributed by atoms with Crippen molar-refractivity contribution in [2.24, 2.45) is 11.7 Å². The molecule has 1 atom stereocenters. The topological polar surface area (TPSA) is 58.5 Å². The predicted octanol–water partition coefficient (Wildman–Crippen LogP) is -1.26. The Hall–Kier alpha value is -0.160. The number of hydrogen-bond acceptors (Lipinski definition) is 4. The highest BCUT2D eigenvalue weighted by Gasteiger charge is 2.17. The van der Waals surface area contributed by atoms with Crippen LogP contribution in [0.4, 0.5) is 0 Å². The summed E-state index contributed by atoms with van der Waals surface area (Å²) in [5.41, 5.74) is 0. The first-order valence-corrected chi connectivity index (χ1v) is 3.21. The van der Waals surface area contributed by atoms with E-state index in [2.05, 4.69) is 6.92 Å². The van der Waals surface area contributed by atoms with Crippen molar-refractivity contribution in [1.82, 2.24) is 10.0 Å². The number of hydrazine groups is 2. The van der Waals surface area contributed by atoms with E-state index in [0.717, 1.165) is 19.6 Å². The summed E-state index contributed by atoms with van der Waals surface area (Å²) in [5.74, 6) is 11.1. The van der Waals surface area contributed by atoms with Crippen LogP contribution in [0.25, 0.3) is 0 Å². The van der Waals surface area contributed by atoms with Crippen molar-refractivity contribution in [3.8, 4) is 0 Å². The summed E-state index contributed by atoms with van der Waals surface area (Å²) in [5, 5.41) is 3.62. The standard InChI is InChI=1S/C5H14N4/c1-5-4-8(6)2-3-9(5)7/h5H,2-4,6-7H2,1H3/t5-/m0/s1. The zero-order chi connectivity index (χ0) is 6.85. The first-order valence-electron chi connectivity index (χ1n) is 3.21. The van der Waals surface area contributed by atoms with Crippen molar-refractivity contribution in [3.05, 3.63) is 0 Å². The molecule has 0 aromatic carbocycles. The van der Waals surface area contributed by atoms with Gasteiger partial charge in [0.1, 0.15) is 0 Å². The average Bonchev–Trinajstić information content (AvgIpc) is 1.80. The Morgan fingerprint density at radius 2 is 2.00 bits per heavy atom. The van der Waals surface area contributed by atoms with Crippen molar-refractivity contribution < 1.29 is 0 Å². The van der Waals surface area contributed by atoms with E-state index in [-0.39, 0.29) is 0 Å². The monoisotopic (exact) mass is 130 g/mol. The summed E-state index contributed by atoms with van der Waals surface area (Å²) in [6, 6.07) is 0.392. The molecule has 9 heavy (non-hydrogen) atoms. The van der Waals surface area contributed by atoms with Gasteiger partial charge in [0.15, 0.2) is 0 Å². The third-order valence-electron chi connectivity index (χ3n) is 1.71. The summed E-state index contributed by atoms with van der Waals surface area (Å²) in [7, 11) is 0. The lowest BCUT2D eigenvalue weighted by Gasteiger charge is -2.34. The zero-order valence-corrected chi connectivity index (χ0v) is 5.75. The maximum absolute atomic E-state index is 5.59. The van der Waals surface area contributed by atoms with Crippen LogP contribution in [0.5, 0.6) is 0 Å². The Balaban J connectivity index is 2.35. The third kappa shape index (κ3) is 1.62. The lowest BCUT2D eigenvalue weighted by Crippen LogP contribution is -2.56. The molecule has 0 unspecified atom stereocenters. The summed E-state index contributed by atoms with van der Waals surface area (Å²) < 4.78 is 0. The molecule has 1 aliphatic heterocycles. The maximum Gasteiger partial charge on any atom is 0.0354 e. The molecule has 4 N–H and O–H groups in total. The van der Waals surface area contributed by atoms with Crippen LogP contribution in [0, 0.1) is 0 Å². The van der Waals surface area contributed by atoms with E-state index in [4.69, 9.17) is 11.7 Å². The lowest BCUT2D eigenvalue weighted by molar-refractivity contribution is 0.0845. The number of hydrogen-bond donors (Lipinski definition) is 2. The number of piperazine rings is 1. The molecule has 1 fully saturated rings. The molecule has 0 amide bonds. The van der Waals surface area contributed by atoms with Crippen LogP contribution in [-0.4, -0.2) is 35.7 Å². The lowest BCUT2D eigenvalue weighted by atomic mass is 10.2. The number of rotatable bonds is 0. The molecule has 1 aliphatic rings. The maximum atomic E-state index is 5.59. The van der Waals surface area contributed by atoms with Crippen LogP contribution in [0.2, 0.25) is 0 Å². The van der Waals surface area contributed by atoms with Gasteiger partial charge in [-0.1, -0.05) is 0 Å². The molecule has 4 heteroatoms. The molecule has 1 heterocycles. The highest BCUT2D eigenvalue weighted by atomic mass is 15.5. The van der Waals surface area contributed by atoms with E-state index < -0.39 is 0 Å². The number of nitrogens with zero attached hydrogens (tertiary/aromatic N) is 2. The van der Waals surface area contributed by atoms with E-state index >= 15 is 0 Å². The largest absolute Gasteiger partial charge is 0.269 e. The van der Waals surface area contributed by atoms with Gasteiger partial charge in [0.25, 0.3) is 0 Å². The molecule has 4 nitrogen and oxygen atoms in total. The van der Waals surface area contributed by atoms with Crippen molar-refractivity contribution in [2.75, 3.05) is 19.6 Å². The highest BCUT2D eigenvalue weighted by molar-refractivity contribution is 4.71. The third-order valence-corrected chi connectivity index (χ3v) is 1.71. The second-order valence-corrected chi connectivity index (χ2v) is 2.58. The van der Waals surface area contributed by atoms with Gasteiger partial charge in [-0.3, -0.25) is 11.7 Å². The average molecular weight is 130 g/mol. The molecular weight excluding hydrogens is 116 g/mol. The van der Waals surface area contributed by atoms with Crippen molar-refractivity contribution in [2.45, 2.75) is 13.0 Å². The second kappa shape index (κ2) is 2.62. The summed E-state index contributed by atoms with van der Waals surface area (Å²) in [4.78, 5) is 0. The quantitative estimate of drug-likeness (QED) is 0.402. The van der Waals surface area contributed by atoms with Gasteiger partial charge in [-0.05, 0) is 6.92 Å². The smallest absolute Gasteiger partial charge is 0.0354 e. The molecule has 0 saturated carbocycles. The minimum Gasteiger partial charge on any atom is -0.269 e. The van der Waals surface area contributed by atoms with Gasteiger partial charge in [0, 0.05) is 25.7 Å². The minimum atomic E-state index is 0.392. The molecule has 0 aromatic rings. The van der Waals surface area contributed by atoms with Gasteiger partial charge < -0.3 is 0 Å². The van der Waals surface area contributed by atoms with E-state index in [1.807, 2.05) is 5.01 Å². The van der Waals surface area contributed by atoms with Gasteiger partial charge >= 0.3 is 0 Å². The molecule has 0 spiro atoms. The van der Waals surface area contributed by atoms with E-state index in [9.17, 15) is 0 Å². The van der Waals surface area contributed by atoms with Gasteiger partial charge in [-0.15, -0.1) is 0 Å². The fourth-order valence-corrected chi connectivity index (χ4v) is 1.000. The highest BCUT2D eigenvalue weighted by Crippen LogP contribution is 1.99. The second-order valence-electron chi connectivity index (χ2n) is 2.58. The predicted molar refractivity (Wildman–Crippen MR) is 36.1 cm³/mol. The van der Waals surface area contributed by atoms with E-state index in [1.165, 1.54) is 0 Å². The Morgan fingerprint density at radius 1 is 1.33 bits per heavy atom. The molecule has 0 aliphatic carbocycles. The minimum absolute atomic E-state index is 0.392. The molecule has 0 bridgehead atoms. The molecular formula is C5H14N4. The molecule has 0 aromatic heterocycles. The Bertz CT molecular complexity index is 95.0. The normalized spacial score (nSPS) is 33.0. The van der Waals surface area contributed by atoms with Crippen molar-refractivity contribution in [3.63, 3.8) is 0 Å². The Kier molecular flexibility index (Phi) is 2.02. The number of nitrogens with two attached hydrogens (primary N) is 2. The molecule has 1 saturated heterocycles. The SMILES string of the molecule is C[C@H]1CN(N)CCN1N. The summed E-state index contributed by atoms with van der Waals surface area (Å²) in [6.45, 7) is 4.69. The Morgan fingerprint density at radius 3 is 2.44 bits per heavy atom. The van der Waals surface area contributed by atoms with Crippen LogP contribution in [0.1, 0.15) is 6.92 Å². The summed E-state index contributed by atoms with van der Waals surface area (Å²) in [6.07, 6.45) is 0. The molecule has 1 rings (SSSR count). The van der Waals surface area contributed by atoms with E-state index in [0.29, 0.717) is 6.04 Å². The van der Waals surface area contributed by atoms with Gasteiger partial charge in [0.2, 0.25) is 0 Å². The van der Waals surface area contributed by atoms with Crippen LogP contribution < -0.4 is 11.7 Å². The van der Waals surface area contributed by atoms with Crippen LogP contribution in [0.15, 0.2) is 0 Å². The fraction of sp³-hybridized carbons (Fsp3) is 1.00. The van der Waals surface area contributed by atoms with Gasteiger partial charge in [0.05, 0.1) is 0 Å². The zero-order valence-electron chi connectivity index (χ0n) is 5.75. The molecule has 0 radical (unpaired) electrons. The van der Waals surface area contributed by atoms with Crippen LogP contribution >= 0.6 is 0 Å². The fourth-order valence-electron chi connectivity index (χ4n) is 1.000. The molecule has 54 valence electrons. The van der Waals surface area contributed by atoms with Crippen LogP contribution in [0.3, 0.4) is 0 Å². The van der Waals surface area contributed by atoms with Gasteiger partial charge in [-0.25, -0.2) is 10.0 Å². The summed E-state index contributed by atoms with van der Waals surface area (Å²) >= 11 is 0. The first kappa shape index (κ1) is 6.95. The van der Waals surface area contributed by atoms with Crippen LogP contribution in [-0.2, 0) is 0 Å². The van der Waals surface area contributed by atoms with Gasteiger partial charge in [-0.2, -0.15) is 0 Å².